The Morgan fingerprint density at radius 3 is 1.96 bits per heavy atom. The van der Waals surface area contributed by atoms with Crippen LogP contribution >= 0.6 is 0 Å². The molecule has 4 atom stereocenters. The molecule has 0 saturated carbocycles. The summed E-state index contributed by atoms with van der Waals surface area (Å²) in [5.41, 5.74) is 1.39. The van der Waals surface area contributed by atoms with Crippen molar-refractivity contribution in [3.63, 3.8) is 0 Å². The van der Waals surface area contributed by atoms with E-state index in [0.717, 1.165) is 0 Å². The van der Waals surface area contributed by atoms with Gasteiger partial charge in [0.15, 0.2) is 0 Å². The summed E-state index contributed by atoms with van der Waals surface area (Å²) in [6, 6.07) is 0. The summed E-state index contributed by atoms with van der Waals surface area (Å²) in [4.78, 5) is 22.7. The molecule has 0 amide bonds. The Balaban J connectivity index is 3.29. The minimum absolute atomic E-state index is 0.0189. The fraction of sp³-hybridized carbons (Fsp3) is 0.727. The third-order valence-corrected chi connectivity index (χ3v) is 13.6. The van der Waals surface area contributed by atoms with Crippen molar-refractivity contribution >= 4 is 20.0 Å². The minimum atomic E-state index is -2.00. The second-order valence-electron chi connectivity index (χ2n) is 8.51. The molecule has 0 fully saturated rings. The molecule has 0 aromatic heterocycles. The van der Waals surface area contributed by atoms with Gasteiger partial charge in [-0.1, -0.05) is 47.6 Å². The molecule has 28 heavy (non-hydrogen) atoms. The predicted molar refractivity (Wildman–Crippen MR) is 114 cm³/mol. The van der Waals surface area contributed by atoms with Crippen LogP contribution in [0.25, 0.3) is 0 Å². The lowest BCUT2D eigenvalue weighted by Gasteiger charge is -2.50. The first-order chi connectivity index (χ1) is 13.0. The summed E-state index contributed by atoms with van der Waals surface area (Å²) >= 11 is 0. The van der Waals surface area contributed by atoms with Crippen LogP contribution in [0.4, 0.5) is 0 Å². The van der Waals surface area contributed by atoms with Gasteiger partial charge < -0.3 is 14.2 Å². The molecule has 0 radical (unpaired) electrons. The van der Waals surface area contributed by atoms with Crippen LogP contribution in [0.2, 0.25) is 22.2 Å². The molecule has 1 aliphatic rings. The normalized spacial score (nSPS) is 23.6. The Morgan fingerprint density at radius 2 is 1.57 bits per heavy atom. The van der Waals surface area contributed by atoms with E-state index in [1.54, 1.807) is 0 Å². The van der Waals surface area contributed by atoms with E-state index in [-0.39, 0.29) is 18.3 Å². The van der Waals surface area contributed by atoms with Crippen LogP contribution in [0.15, 0.2) is 12.2 Å². The molecule has 1 heterocycles. The lowest BCUT2D eigenvalue weighted by atomic mass is 10.1. The predicted octanol–water partition coefficient (Wildman–Crippen LogP) is 4.49. The number of terminal acetylenes is 1. The van der Waals surface area contributed by atoms with Crippen LogP contribution in [0.3, 0.4) is 0 Å². The molecule has 0 N–H and O–H groups in total. The quantitative estimate of drug-likeness (QED) is 0.256. The Labute approximate surface area is 171 Å². The fourth-order valence-corrected chi connectivity index (χ4v) is 12.3. The Kier molecular flexibility index (Phi) is 8.97. The lowest BCUT2D eigenvalue weighted by molar-refractivity contribution is -0.163. The standard InChI is InChI=1S/C22H36O5Si/c1-10-22(28(14(2)3,15(4)5)16(6)7)20-12-11-19(26-18(9)24)21(27-20)13-25-17(8)23/h1,11-12,14-16,19-22H,13H2,2-9H3/t19-,20-,21+,22?/m0/s1. The summed E-state index contributed by atoms with van der Waals surface area (Å²) in [6.45, 7) is 16.3. The van der Waals surface area contributed by atoms with E-state index in [9.17, 15) is 9.59 Å². The highest BCUT2D eigenvalue weighted by atomic mass is 28.3. The third-order valence-electron chi connectivity index (χ3n) is 5.99. The average Bonchev–Trinajstić information content (AvgIpc) is 2.57. The van der Waals surface area contributed by atoms with Gasteiger partial charge >= 0.3 is 11.9 Å². The van der Waals surface area contributed by atoms with Gasteiger partial charge in [0.2, 0.25) is 0 Å². The Hall–Kier alpha value is -1.58. The van der Waals surface area contributed by atoms with E-state index in [1.165, 1.54) is 13.8 Å². The molecule has 1 unspecified atom stereocenters. The molecule has 1 aliphatic heterocycles. The van der Waals surface area contributed by atoms with E-state index < -0.39 is 32.2 Å². The van der Waals surface area contributed by atoms with Crippen molar-refractivity contribution in [1.82, 2.24) is 0 Å². The maximum Gasteiger partial charge on any atom is 0.303 e. The monoisotopic (exact) mass is 408 g/mol. The van der Waals surface area contributed by atoms with E-state index in [2.05, 4.69) is 47.5 Å². The van der Waals surface area contributed by atoms with Crippen LogP contribution in [-0.2, 0) is 23.8 Å². The van der Waals surface area contributed by atoms with Gasteiger partial charge in [-0.3, -0.25) is 9.59 Å². The maximum atomic E-state index is 11.4. The number of carbonyl (C=O) groups excluding carboxylic acids is 2. The molecule has 0 bridgehead atoms. The highest BCUT2D eigenvalue weighted by molar-refractivity contribution is 6.85. The van der Waals surface area contributed by atoms with Crippen molar-refractivity contribution < 1.29 is 23.8 Å². The van der Waals surface area contributed by atoms with Gasteiger partial charge in [-0.25, -0.2) is 0 Å². The zero-order valence-corrected chi connectivity index (χ0v) is 19.5. The van der Waals surface area contributed by atoms with Crippen molar-refractivity contribution in [3.05, 3.63) is 12.2 Å². The van der Waals surface area contributed by atoms with E-state index in [1.807, 2.05) is 12.2 Å². The van der Waals surface area contributed by atoms with Crippen molar-refractivity contribution in [1.29, 1.82) is 0 Å². The van der Waals surface area contributed by atoms with Gasteiger partial charge in [0.05, 0.1) is 14.2 Å². The molecule has 1 rings (SSSR count). The number of hydrogen-bond acceptors (Lipinski definition) is 5. The summed E-state index contributed by atoms with van der Waals surface area (Å²) in [6.07, 6.45) is 8.38. The molecule has 6 heteroatoms. The summed E-state index contributed by atoms with van der Waals surface area (Å²) < 4.78 is 16.8. The van der Waals surface area contributed by atoms with Gasteiger partial charge in [-0.05, 0) is 22.7 Å². The van der Waals surface area contributed by atoms with Crippen LogP contribution in [0, 0.1) is 12.3 Å². The second-order valence-corrected chi connectivity index (χ2v) is 14.6. The zero-order chi connectivity index (χ0) is 21.6. The number of esters is 2. The molecule has 0 spiro atoms. The van der Waals surface area contributed by atoms with Gasteiger partial charge in [0.25, 0.3) is 0 Å². The van der Waals surface area contributed by atoms with Gasteiger partial charge in [-0.2, -0.15) is 0 Å². The smallest absolute Gasteiger partial charge is 0.303 e. The van der Waals surface area contributed by atoms with Crippen LogP contribution < -0.4 is 0 Å². The van der Waals surface area contributed by atoms with E-state index >= 15 is 0 Å². The van der Waals surface area contributed by atoms with E-state index in [0.29, 0.717) is 16.6 Å². The van der Waals surface area contributed by atoms with Crippen molar-refractivity contribution in [2.24, 2.45) is 0 Å². The molecule has 5 nitrogen and oxygen atoms in total. The summed E-state index contributed by atoms with van der Waals surface area (Å²) in [5, 5.41) is 0. The number of carbonyl (C=O) groups is 2. The molecule has 158 valence electrons. The zero-order valence-electron chi connectivity index (χ0n) is 18.5. The second kappa shape index (κ2) is 10.3. The van der Waals surface area contributed by atoms with Crippen molar-refractivity contribution in [2.75, 3.05) is 6.61 Å². The topological polar surface area (TPSA) is 61.8 Å². The molecule has 0 aliphatic carbocycles. The highest BCUT2D eigenvalue weighted by Crippen LogP contribution is 2.51. The van der Waals surface area contributed by atoms with Crippen molar-refractivity contribution in [2.45, 2.75) is 95.9 Å². The molecular formula is C22H36O5Si. The van der Waals surface area contributed by atoms with Gasteiger partial charge in [0, 0.05) is 19.4 Å². The molecular weight excluding hydrogens is 372 g/mol. The Morgan fingerprint density at radius 1 is 1.04 bits per heavy atom. The first-order valence-corrected chi connectivity index (χ1v) is 12.4. The summed E-state index contributed by atoms with van der Waals surface area (Å²) in [5.74, 6) is 2.26. The van der Waals surface area contributed by atoms with Crippen LogP contribution in [0.1, 0.15) is 55.4 Å². The van der Waals surface area contributed by atoms with Gasteiger partial charge in [-0.15, -0.1) is 12.3 Å². The third kappa shape index (κ3) is 5.27. The Bertz CT molecular complexity index is 595. The number of ether oxygens (including phenoxy) is 3. The molecule has 0 aromatic rings. The van der Waals surface area contributed by atoms with Gasteiger partial charge in [0.1, 0.15) is 18.8 Å². The first kappa shape index (κ1) is 24.5. The number of hydrogen-bond donors (Lipinski definition) is 0. The number of rotatable bonds is 8. The lowest BCUT2D eigenvalue weighted by Crippen LogP contribution is -2.54. The largest absolute Gasteiger partial charge is 0.463 e. The average molecular weight is 409 g/mol. The van der Waals surface area contributed by atoms with Crippen LogP contribution in [-0.4, -0.2) is 44.9 Å². The van der Waals surface area contributed by atoms with E-state index in [4.69, 9.17) is 20.6 Å². The van der Waals surface area contributed by atoms with Crippen LogP contribution in [0.5, 0.6) is 0 Å². The first-order valence-electron chi connectivity index (χ1n) is 10.1. The highest BCUT2D eigenvalue weighted by Gasteiger charge is 2.52. The maximum absolute atomic E-state index is 11.4. The van der Waals surface area contributed by atoms with Crippen molar-refractivity contribution in [3.8, 4) is 12.3 Å². The molecule has 0 saturated heterocycles. The SMILES string of the molecule is C#CC([C@@H]1C=C[C@H](OC(C)=O)[C@@H](COC(C)=O)O1)[Si](C(C)C)(C(C)C)C(C)C. The summed E-state index contributed by atoms with van der Waals surface area (Å²) in [7, 11) is -2.00. The fourth-order valence-electron chi connectivity index (χ4n) is 5.10. The minimum Gasteiger partial charge on any atom is -0.463 e. The molecule has 0 aromatic carbocycles.